The van der Waals surface area contributed by atoms with Crippen LogP contribution in [0.15, 0.2) is 18.2 Å². The first kappa shape index (κ1) is 14.6. The molecule has 3 heteroatoms. The molecule has 0 bridgehead atoms. The van der Waals surface area contributed by atoms with Gasteiger partial charge in [0.2, 0.25) is 5.91 Å². The minimum atomic E-state index is 0.211. The molecule has 1 amide bonds. The third-order valence-corrected chi connectivity index (χ3v) is 3.24. The number of carbonyl (C=O) groups excluding carboxylic acids is 1. The maximum Gasteiger partial charge on any atom is 0.222 e. The topological polar surface area (TPSA) is 46.3 Å². The van der Waals surface area contributed by atoms with Gasteiger partial charge in [0, 0.05) is 25.7 Å². The molecule has 0 aliphatic heterocycles. The second-order valence-corrected chi connectivity index (χ2v) is 4.86. The van der Waals surface area contributed by atoms with E-state index in [2.05, 4.69) is 6.92 Å². The van der Waals surface area contributed by atoms with Crippen molar-refractivity contribution in [2.45, 2.75) is 39.5 Å². The Labute approximate surface area is 110 Å². The zero-order valence-electron chi connectivity index (χ0n) is 11.7. The molecule has 1 rings (SSSR count). The van der Waals surface area contributed by atoms with Crippen LogP contribution < -0.4 is 5.73 Å². The molecule has 0 spiro atoms. The predicted octanol–water partition coefficient (Wildman–Crippen LogP) is 2.77. The summed E-state index contributed by atoms with van der Waals surface area (Å²) < 4.78 is 0. The number of rotatable bonds is 6. The molecule has 0 saturated carbocycles. The van der Waals surface area contributed by atoms with Crippen LogP contribution in [0.25, 0.3) is 0 Å². The number of aryl methyl sites for hydroxylation is 2. The van der Waals surface area contributed by atoms with Gasteiger partial charge in [-0.25, -0.2) is 0 Å². The van der Waals surface area contributed by atoms with E-state index in [9.17, 15) is 4.79 Å². The van der Waals surface area contributed by atoms with Crippen LogP contribution >= 0.6 is 0 Å². The minimum absolute atomic E-state index is 0.211. The van der Waals surface area contributed by atoms with Crippen LogP contribution in [-0.4, -0.2) is 24.4 Å². The lowest BCUT2D eigenvalue weighted by atomic mass is 10.1. The number of nitrogens with zero attached hydrogens (tertiary/aromatic N) is 1. The Morgan fingerprint density at radius 1 is 1.39 bits per heavy atom. The molecule has 0 saturated heterocycles. The zero-order valence-corrected chi connectivity index (χ0v) is 11.7. The van der Waals surface area contributed by atoms with Crippen LogP contribution in [0.2, 0.25) is 0 Å². The summed E-state index contributed by atoms with van der Waals surface area (Å²) in [6.45, 7) is 4.97. The van der Waals surface area contributed by atoms with Gasteiger partial charge in [-0.2, -0.15) is 0 Å². The Balaban J connectivity index is 2.44. The van der Waals surface area contributed by atoms with E-state index in [0.717, 1.165) is 42.6 Å². The Morgan fingerprint density at radius 3 is 2.72 bits per heavy atom. The molecule has 0 fully saturated rings. The van der Waals surface area contributed by atoms with Gasteiger partial charge >= 0.3 is 0 Å². The summed E-state index contributed by atoms with van der Waals surface area (Å²) in [4.78, 5) is 13.7. The fourth-order valence-corrected chi connectivity index (χ4v) is 1.81. The molecule has 0 aliphatic carbocycles. The van der Waals surface area contributed by atoms with Crippen LogP contribution in [0.4, 0.5) is 5.69 Å². The number of hydrogen-bond donors (Lipinski definition) is 1. The summed E-state index contributed by atoms with van der Waals surface area (Å²) in [7, 11) is 1.88. The number of amides is 1. The highest BCUT2D eigenvalue weighted by molar-refractivity contribution is 5.76. The Bertz CT molecular complexity index is 401. The van der Waals surface area contributed by atoms with Crippen LogP contribution in [0.5, 0.6) is 0 Å². The van der Waals surface area contributed by atoms with Crippen molar-refractivity contribution >= 4 is 11.6 Å². The van der Waals surface area contributed by atoms with Crippen molar-refractivity contribution in [1.82, 2.24) is 4.90 Å². The molecule has 1 aromatic carbocycles. The quantitative estimate of drug-likeness (QED) is 0.787. The first-order valence-electron chi connectivity index (χ1n) is 6.63. The lowest BCUT2D eigenvalue weighted by molar-refractivity contribution is -0.129. The second-order valence-electron chi connectivity index (χ2n) is 4.86. The third kappa shape index (κ3) is 4.40. The van der Waals surface area contributed by atoms with E-state index in [1.165, 1.54) is 0 Å². The minimum Gasteiger partial charge on any atom is -0.399 e. The molecule has 0 heterocycles. The normalized spacial score (nSPS) is 10.4. The molecule has 0 radical (unpaired) electrons. The van der Waals surface area contributed by atoms with Crippen molar-refractivity contribution in [1.29, 1.82) is 0 Å². The van der Waals surface area contributed by atoms with E-state index in [-0.39, 0.29) is 5.91 Å². The maximum absolute atomic E-state index is 11.9. The van der Waals surface area contributed by atoms with Gasteiger partial charge < -0.3 is 10.6 Å². The van der Waals surface area contributed by atoms with E-state index in [4.69, 9.17) is 5.73 Å². The van der Waals surface area contributed by atoms with Crippen LogP contribution in [0.3, 0.4) is 0 Å². The molecular weight excluding hydrogens is 224 g/mol. The largest absolute Gasteiger partial charge is 0.399 e. The van der Waals surface area contributed by atoms with Gasteiger partial charge in [-0.3, -0.25) is 4.79 Å². The lowest BCUT2D eigenvalue weighted by Gasteiger charge is -2.16. The standard InChI is InChI=1S/C15H24N2O/c1-4-5-10-17(3)15(18)9-8-13-7-6-12(2)14(16)11-13/h6-7,11H,4-5,8-10,16H2,1-3H3. The molecule has 3 nitrogen and oxygen atoms in total. The summed E-state index contributed by atoms with van der Waals surface area (Å²) >= 11 is 0. The number of anilines is 1. The van der Waals surface area contributed by atoms with Gasteiger partial charge in [0.1, 0.15) is 0 Å². The van der Waals surface area contributed by atoms with E-state index in [0.29, 0.717) is 6.42 Å². The first-order chi connectivity index (χ1) is 8.54. The number of benzene rings is 1. The summed E-state index contributed by atoms with van der Waals surface area (Å²) in [5.41, 5.74) is 8.88. The van der Waals surface area contributed by atoms with Crippen molar-refractivity contribution < 1.29 is 4.79 Å². The average molecular weight is 248 g/mol. The van der Waals surface area contributed by atoms with E-state index >= 15 is 0 Å². The van der Waals surface area contributed by atoms with Gasteiger partial charge in [0.15, 0.2) is 0 Å². The molecule has 0 aromatic heterocycles. The van der Waals surface area contributed by atoms with Crippen LogP contribution in [0, 0.1) is 6.92 Å². The Kier molecular flexibility index (Phi) is 5.69. The van der Waals surface area contributed by atoms with Crippen molar-refractivity contribution in [2.75, 3.05) is 19.3 Å². The van der Waals surface area contributed by atoms with Gasteiger partial charge in [-0.1, -0.05) is 25.5 Å². The molecule has 0 aliphatic rings. The molecule has 18 heavy (non-hydrogen) atoms. The molecule has 100 valence electrons. The Hall–Kier alpha value is -1.51. The van der Waals surface area contributed by atoms with Crippen LogP contribution in [-0.2, 0) is 11.2 Å². The highest BCUT2D eigenvalue weighted by Gasteiger charge is 2.08. The third-order valence-electron chi connectivity index (χ3n) is 3.24. The lowest BCUT2D eigenvalue weighted by Crippen LogP contribution is -2.27. The van der Waals surface area contributed by atoms with Crippen molar-refractivity contribution in [3.8, 4) is 0 Å². The summed E-state index contributed by atoms with van der Waals surface area (Å²) in [5.74, 6) is 0.211. The summed E-state index contributed by atoms with van der Waals surface area (Å²) in [5, 5.41) is 0. The highest BCUT2D eigenvalue weighted by Crippen LogP contribution is 2.14. The molecule has 0 atom stereocenters. The van der Waals surface area contributed by atoms with E-state index in [1.807, 2.05) is 37.1 Å². The van der Waals surface area contributed by atoms with E-state index in [1.54, 1.807) is 0 Å². The summed E-state index contributed by atoms with van der Waals surface area (Å²) in [6, 6.07) is 6.02. The molecule has 2 N–H and O–H groups in total. The van der Waals surface area contributed by atoms with E-state index < -0.39 is 0 Å². The van der Waals surface area contributed by atoms with Gasteiger partial charge in [0.25, 0.3) is 0 Å². The summed E-state index contributed by atoms with van der Waals surface area (Å²) in [6.07, 6.45) is 3.51. The number of carbonyl (C=O) groups is 1. The molecule has 0 unspecified atom stereocenters. The van der Waals surface area contributed by atoms with Gasteiger partial charge in [-0.15, -0.1) is 0 Å². The monoisotopic (exact) mass is 248 g/mol. The number of hydrogen-bond acceptors (Lipinski definition) is 2. The van der Waals surface area contributed by atoms with Crippen molar-refractivity contribution in [3.05, 3.63) is 29.3 Å². The van der Waals surface area contributed by atoms with Gasteiger partial charge in [0.05, 0.1) is 0 Å². The maximum atomic E-state index is 11.9. The second kappa shape index (κ2) is 7.04. The fraction of sp³-hybridized carbons (Fsp3) is 0.533. The first-order valence-corrected chi connectivity index (χ1v) is 6.63. The van der Waals surface area contributed by atoms with Gasteiger partial charge in [-0.05, 0) is 37.0 Å². The zero-order chi connectivity index (χ0) is 13.5. The average Bonchev–Trinajstić information content (AvgIpc) is 2.36. The number of nitrogens with two attached hydrogens (primary N) is 1. The van der Waals surface area contributed by atoms with Crippen molar-refractivity contribution in [3.63, 3.8) is 0 Å². The molecular formula is C15H24N2O. The number of unbranched alkanes of at least 4 members (excludes halogenated alkanes) is 1. The highest BCUT2D eigenvalue weighted by atomic mass is 16.2. The van der Waals surface area contributed by atoms with Crippen molar-refractivity contribution in [2.24, 2.45) is 0 Å². The molecule has 1 aromatic rings. The Morgan fingerprint density at radius 2 is 2.11 bits per heavy atom. The number of nitrogen functional groups attached to an aromatic ring is 1. The fourth-order valence-electron chi connectivity index (χ4n) is 1.81. The smallest absolute Gasteiger partial charge is 0.222 e. The van der Waals surface area contributed by atoms with Crippen LogP contribution in [0.1, 0.15) is 37.3 Å². The SMILES string of the molecule is CCCCN(C)C(=O)CCc1ccc(C)c(N)c1. The predicted molar refractivity (Wildman–Crippen MR) is 76.5 cm³/mol.